The van der Waals surface area contributed by atoms with Crippen LogP contribution >= 0.6 is 0 Å². The predicted molar refractivity (Wildman–Crippen MR) is 167 cm³/mol. The second-order valence-electron chi connectivity index (χ2n) is 11.9. The highest BCUT2D eigenvalue weighted by atomic mass is 28.4. The van der Waals surface area contributed by atoms with Crippen LogP contribution in [0.3, 0.4) is 0 Å². The highest BCUT2D eigenvalue weighted by molar-refractivity contribution is 6.74. The van der Waals surface area contributed by atoms with Gasteiger partial charge in [0.1, 0.15) is 18.9 Å². The maximum absolute atomic E-state index is 6.59. The first kappa shape index (κ1) is 28.6. The fourth-order valence-corrected chi connectivity index (χ4v) is 5.41. The van der Waals surface area contributed by atoms with E-state index in [1.165, 1.54) is 0 Å². The number of aryl methyl sites for hydroxylation is 1. The summed E-state index contributed by atoms with van der Waals surface area (Å²) in [5.41, 5.74) is 5.96. The van der Waals surface area contributed by atoms with Gasteiger partial charge in [-0.3, -0.25) is 4.68 Å². The molecule has 0 unspecified atom stereocenters. The third-order valence-corrected chi connectivity index (χ3v) is 12.4. The molecular weight excluding hydrogens is 526 g/mol. The van der Waals surface area contributed by atoms with Gasteiger partial charge in [0.05, 0.1) is 17.7 Å². The van der Waals surface area contributed by atoms with Crippen LogP contribution in [0.15, 0.2) is 91.0 Å². The van der Waals surface area contributed by atoms with Gasteiger partial charge in [-0.25, -0.2) is 0 Å². The molecule has 7 heteroatoms. The van der Waals surface area contributed by atoms with Crippen LogP contribution in [0.25, 0.3) is 22.2 Å². The van der Waals surface area contributed by atoms with Crippen LogP contribution in [0, 0.1) is 0 Å². The zero-order valence-electron chi connectivity index (χ0n) is 24.8. The molecule has 212 valence electrons. The van der Waals surface area contributed by atoms with Gasteiger partial charge in [0.25, 0.3) is 0 Å². The second-order valence-corrected chi connectivity index (χ2v) is 16.7. The largest absolute Gasteiger partial charge is 0.473 e. The van der Waals surface area contributed by atoms with Gasteiger partial charge in [-0.05, 0) is 35.3 Å². The molecule has 0 spiro atoms. The smallest absolute Gasteiger partial charge is 0.226 e. The van der Waals surface area contributed by atoms with Crippen LogP contribution in [-0.4, -0.2) is 23.1 Å². The number of rotatable bonds is 10. The standard InChI is InChI=1S/C34H39N3O3Si/c1-34(2,3)41(5,6)40-24-27-18-13-19-28-31(36-37(4)32(27)28)29-20-21-30(38-22-25-14-9-7-10-15-25)35-33(29)39-23-26-16-11-8-12-17-26/h7-21H,22-24H2,1-6H3. The fourth-order valence-electron chi connectivity index (χ4n) is 4.46. The van der Waals surface area contributed by atoms with E-state index < -0.39 is 8.32 Å². The van der Waals surface area contributed by atoms with Crippen molar-refractivity contribution in [3.63, 3.8) is 0 Å². The SMILES string of the molecule is Cn1nc(-c2ccc(OCc3ccccc3)nc2OCc2ccccc2)c2cccc(CO[Si](C)(C)C(C)(C)C)c21. The molecule has 3 aromatic carbocycles. The Morgan fingerprint density at radius 3 is 2.00 bits per heavy atom. The Labute approximate surface area is 244 Å². The molecule has 2 aromatic heterocycles. The van der Waals surface area contributed by atoms with Gasteiger partial charge < -0.3 is 13.9 Å². The Kier molecular flexibility index (Phi) is 8.29. The number of nitrogens with zero attached hydrogens (tertiary/aromatic N) is 3. The van der Waals surface area contributed by atoms with E-state index in [4.69, 9.17) is 24.0 Å². The third-order valence-electron chi connectivity index (χ3n) is 7.88. The molecule has 0 saturated heterocycles. The zero-order chi connectivity index (χ0) is 29.0. The fraction of sp³-hybridized carbons (Fsp3) is 0.294. The van der Waals surface area contributed by atoms with E-state index in [1.807, 2.05) is 84.5 Å². The van der Waals surface area contributed by atoms with Gasteiger partial charge >= 0.3 is 0 Å². The van der Waals surface area contributed by atoms with Crippen LogP contribution < -0.4 is 9.47 Å². The van der Waals surface area contributed by atoms with Crippen molar-refractivity contribution in [2.75, 3.05) is 0 Å². The molecule has 6 nitrogen and oxygen atoms in total. The van der Waals surface area contributed by atoms with Gasteiger partial charge in [0, 0.05) is 24.1 Å². The number of pyridine rings is 1. The summed E-state index contributed by atoms with van der Waals surface area (Å²) < 4.78 is 20.9. The van der Waals surface area contributed by atoms with Gasteiger partial charge in [-0.15, -0.1) is 0 Å². The van der Waals surface area contributed by atoms with E-state index in [0.717, 1.165) is 38.9 Å². The number of aromatic nitrogens is 3. The highest BCUT2D eigenvalue weighted by Gasteiger charge is 2.37. The van der Waals surface area contributed by atoms with Crippen LogP contribution in [0.4, 0.5) is 0 Å². The van der Waals surface area contributed by atoms with E-state index in [2.05, 4.69) is 52.1 Å². The lowest BCUT2D eigenvalue weighted by Gasteiger charge is -2.36. The first-order valence-corrected chi connectivity index (χ1v) is 17.0. The molecule has 0 bridgehead atoms. The number of para-hydroxylation sites is 1. The lowest BCUT2D eigenvalue weighted by molar-refractivity contribution is 0.268. The first-order chi connectivity index (χ1) is 19.6. The molecule has 0 atom stereocenters. The average molecular weight is 566 g/mol. The summed E-state index contributed by atoms with van der Waals surface area (Å²) in [7, 11) is 0.0691. The topological polar surface area (TPSA) is 58.4 Å². The Balaban J connectivity index is 1.49. The average Bonchev–Trinajstić information content (AvgIpc) is 3.31. The minimum absolute atomic E-state index is 0.138. The van der Waals surface area contributed by atoms with Crippen LogP contribution in [0.5, 0.6) is 11.8 Å². The summed E-state index contributed by atoms with van der Waals surface area (Å²) >= 11 is 0. The van der Waals surface area contributed by atoms with E-state index >= 15 is 0 Å². The Morgan fingerprint density at radius 1 is 0.732 bits per heavy atom. The van der Waals surface area contributed by atoms with Crippen LogP contribution in [0.2, 0.25) is 18.1 Å². The monoisotopic (exact) mass is 565 g/mol. The Bertz CT molecular complexity index is 1610. The highest BCUT2D eigenvalue weighted by Crippen LogP contribution is 2.39. The molecule has 0 amide bonds. The lowest BCUT2D eigenvalue weighted by Crippen LogP contribution is -2.40. The summed E-state index contributed by atoms with van der Waals surface area (Å²) in [5.74, 6) is 0.992. The maximum atomic E-state index is 6.59. The predicted octanol–water partition coefficient (Wildman–Crippen LogP) is 8.32. The maximum Gasteiger partial charge on any atom is 0.226 e. The van der Waals surface area contributed by atoms with Crippen molar-refractivity contribution in [1.82, 2.24) is 14.8 Å². The molecule has 5 rings (SSSR count). The number of ether oxygens (including phenoxy) is 2. The summed E-state index contributed by atoms with van der Waals surface area (Å²) in [6.45, 7) is 12.7. The zero-order valence-corrected chi connectivity index (χ0v) is 25.8. The quantitative estimate of drug-likeness (QED) is 0.159. The van der Waals surface area contributed by atoms with Crippen LogP contribution in [-0.2, 0) is 31.3 Å². The molecule has 0 aliphatic carbocycles. The van der Waals surface area contributed by atoms with Crippen LogP contribution in [0.1, 0.15) is 37.5 Å². The van der Waals surface area contributed by atoms with Gasteiger partial charge in [0.15, 0.2) is 8.32 Å². The number of fused-ring (bicyclic) bond motifs is 1. The summed E-state index contributed by atoms with van der Waals surface area (Å²) in [6, 6.07) is 30.4. The molecule has 0 saturated carbocycles. The van der Waals surface area contributed by atoms with Crippen molar-refractivity contribution in [3.05, 3.63) is 108 Å². The molecule has 0 aliphatic rings. The molecule has 2 heterocycles. The number of benzene rings is 3. The van der Waals surface area contributed by atoms with Gasteiger partial charge in [0.2, 0.25) is 11.8 Å². The molecule has 0 N–H and O–H groups in total. The van der Waals surface area contributed by atoms with E-state index in [9.17, 15) is 0 Å². The Hall–Kier alpha value is -3.94. The van der Waals surface area contributed by atoms with Gasteiger partial charge in [-0.2, -0.15) is 10.1 Å². The van der Waals surface area contributed by atoms with Gasteiger partial charge in [-0.1, -0.05) is 99.6 Å². The summed E-state index contributed by atoms with van der Waals surface area (Å²) in [4.78, 5) is 4.80. The third kappa shape index (κ3) is 6.53. The van der Waals surface area contributed by atoms with Crippen molar-refractivity contribution >= 4 is 19.2 Å². The first-order valence-electron chi connectivity index (χ1n) is 14.1. The molecular formula is C34H39N3O3Si. The van der Waals surface area contributed by atoms with E-state index in [0.29, 0.717) is 31.6 Å². The molecule has 5 aromatic rings. The second kappa shape index (κ2) is 11.9. The van der Waals surface area contributed by atoms with E-state index in [-0.39, 0.29) is 5.04 Å². The molecule has 0 aliphatic heterocycles. The molecule has 41 heavy (non-hydrogen) atoms. The normalized spacial score (nSPS) is 12.0. The van der Waals surface area contributed by atoms with Crippen molar-refractivity contribution in [3.8, 4) is 23.0 Å². The van der Waals surface area contributed by atoms with Crippen molar-refractivity contribution in [2.24, 2.45) is 7.05 Å². The number of hydrogen-bond donors (Lipinski definition) is 0. The lowest BCUT2D eigenvalue weighted by atomic mass is 10.1. The number of hydrogen-bond acceptors (Lipinski definition) is 5. The van der Waals surface area contributed by atoms with E-state index in [1.54, 1.807) is 0 Å². The molecule has 0 fully saturated rings. The summed E-state index contributed by atoms with van der Waals surface area (Å²) in [6.07, 6.45) is 0. The molecule has 0 radical (unpaired) electrons. The van der Waals surface area contributed by atoms with Crippen molar-refractivity contribution in [2.45, 2.75) is 58.7 Å². The van der Waals surface area contributed by atoms with Crippen molar-refractivity contribution in [1.29, 1.82) is 0 Å². The Morgan fingerprint density at radius 2 is 1.37 bits per heavy atom. The van der Waals surface area contributed by atoms with Crippen molar-refractivity contribution < 1.29 is 13.9 Å². The minimum atomic E-state index is -1.91. The summed E-state index contributed by atoms with van der Waals surface area (Å²) in [5, 5.41) is 6.14. The minimum Gasteiger partial charge on any atom is -0.473 e.